The number of aliphatic hydroxyl groups is 1. The summed E-state index contributed by atoms with van der Waals surface area (Å²) in [6.45, 7) is 0.334. The molecule has 1 aliphatic rings. The minimum absolute atomic E-state index is 0.108. The van der Waals surface area contributed by atoms with Gasteiger partial charge < -0.3 is 14.9 Å². The van der Waals surface area contributed by atoms with Crippen LogP contribution in [0, 0.1) is 0 Å². The Balaban J connectivity index is 1.65. The number of benzene rings is 1. The molecular weight excluding hydrogens is 392 g/mol. The van der Waals surface area contributed by atoms with Crippen molar-refractivity contribution in [2.75, 3.05) is 19.8 Å². The van der Waals surface area contributed by atoms with E-state index >= 15 is 0 Å². The first kappa shape index (κ1) is 20.7. The lowest BCUT2D eigenvalue weighted by Crippen LogP contribution is -2.59. The van der Waals surface area contributed by atoms with Crippen molar-refractivity contribution in [2.24, 2.45) is 0 Å². The van der Waals surface area contributed by atoms with E-state index in [1.807, 2.05) is 42.5 Å². The van der Waals surface area contributed by atoms with E-state index in [-0.39, 0.29) is 37.4 Å². The quantitative estimate of drug-likeness (QED) is 0.688. The summed E-state index contributed by atoms with van der Waals surface area (Å²) < 4.78 is 0. The summed E-state index contributed by atoms with van der Waals surface area (Å²) in [5.74, 6) is -0.556. The van der Waals surface area contributed by atoms with Gasteiger partial charge in [0.2, 0.25) is 5.91 Å². The van der Waals surface area contributed by atoms with Crippen LogP contribution in [0.15, 0.2) is 79.3 Å². The molecule has 31 heavy (non-hydrogen) atoms. The largest absolute Gasteiger partial charge is 0.394 e. The van der Waals surface area contributed by atoms with Crippen molar-refractivity contribution in [3.8, 4) is 0 Å². The zero-order valence-corrected chi connectivity index (χ0v) is 17.0. The van der Waals surface area contributed by atoms with E-state index in [9.17, 15) is 14.7 Å². The highest BCUT2D eigenvalue weighted by atomic mass is 16.3. The van der Waals surface area contributed by atoms with Gasteiger partial charge in [0.1, 0.15) is 0 Å². The highest BCUT2D eigenvalue weighted by Gasteiger charge is 2.39. The monoisotopic (exact) mass is 416 g/mol. The average Bonchev–Trinajstić information content (AvgIpc) is 2.84. The second kappa shape index (κ2) is 9.49. The van der Waals surface area contributed by atoms with Gasteiger partial charge in [-0.2, -0.15) is 0 Å². The zero-order chi connectivity index (χ0) is 21.6. The Morgan fingerprint density at radius 3 is 2.39 bits per heavy atom. The molecule has 2 atom stereocenters. The molecule has 7 heteroatoms. The lowest BCUT2D eigenvalue weighted by Gasteiger charge is -2.46. The van der Waals surface area contributed by atoms with Crippen molar-refractivity contribution < 1.29 is 14.7 Å². The van der Waals surface area contributed by atoms with Gasteiger partial charge in [-0.15, -0.1) is 0 Å². The molecule has 1 N–H and O–H groups in total. The van der Waals surface area contributed by atoms with Crippen LogP contribution in [0.5, 0.6) is 0 Å². The van der Waals surface area contributed by atoms with Crippen LogP contribution in [-0.2, 0) is 11.2 Å². The molecule has 0 aliphatic carbocycles. The third kappa shape index (κ3) is 4.62. The molecule has 158 valence electrons. The number of carbonyl (C=O) groups excluding carboxylic acids is 2. The van der Waals surface area contributed by atoms with Crippen LogP contribution in [0.1, 0.15) is 27.5 Å². The Morgan fingerprint density at radius 1 is 0.968 bits per heavy atom. The molecule has 0 radical (unpaired) electrons. The molecule has 0 saturated carbocycles. The molecule has 0 bridgehead atoms. The Labute approximate surface area is 181 Å². The maximum absolute atomic E-state index is 13.3. The van der Waals surface area contributed by atoms with E-state index in [2.05, 4.69) is 9.97 Å². The summed E-state index contributed by atoms with van der Waals surface area (Å²) in [7, 11) is 0. The van der Waals surface area contributed by atoms with Crippen molar-refractivity contribution in [1.82, 2.24) is 19.8 Å². The zero-order valence-electron chi connectivity index (χ0n) is 17.0. The molecule has 1 fully saturated rings. The number of nitrogens with zero attached hydrogens (tertiary/aromatic N) is 4. The maximum atomic E-state index is 13.3. The van der Waals surface area contributed by atoms with Crippen LogP contribution in [0.4, 0.5) is 0 Å². The molecule has 3 heterocycles. The molecular formula is C24H24N4O3. The van der Waals surface area contributed by atoms with E-state index in [1.165, 1.54) is 0 Å². The van der Waals surface area contributed by atoms with E-state index in [4.69, 9.17) is 0 Å². The highest BCUT2D eigenvalue weighted by Crippen LogP contribution is 2.30. The van der Waals surface area contributed by atoms with Gasteiger partial charge in [0, 0.05) is 42.3 Å². The van der Waals surface area contributed by atoms with E-state index in [0.717, 1.165) is 5.56 Å². The fourth-order valence-electron chi connectivity index (χ4n) is 4.00. The van der Waals surface area contributed by atoms with Crippen molar-refractivity contribution in [3.05, 3.63) is 96.1 Å². The first-order chi connectivity index (χ1) is 15.2. The standard InChI is InChI=1S/C24H24N4O3/c29-16-22-21(18-6-2-1-3-7-18)15-27(23(30)14-20-8-4-5-11-26-20)17-28(22)24(31)19-9-12-25-13-10-19/h1-13,21-22,29H,14-17H2/t21-,22+/m0/s1. The predicted molar refractivity (Wildman–Crippen MR) is 115 cm³/mol. The predicted octanol–water partition coefficient (Wildman–Crippen LogP) is 2.11. The fourth-order valence-corrected chi connectivity index (χ4v) is 4.00. The SMILES string of the molecule is O=C(Cc1ccccn1)N1C[C@@H](c2ccccc2)[C@@H](CO)N(C(=O)c2ccncc2)C1. The number of rotatable bonds is 5. The molecule has 1 saturated heterocycles. The van der Waals surface area contributed by atoms with Gasteiger partial charge in [0.25, 0.3) is 5.91 Å². The van der Waals surface area contributed by atoms with E-state index in [0.29, 0.717) is 17.8 Å². The lowest BCUT2D eigenvalue weighted by molar-refractivity contribution is -0.136. The average molecular weight is 416 g/mol. The van der Waals surface area contributed by atoms with Crippen LogP contribution in [0.25, 0.3) is 0 Å². The molecule has 7 nitrogen and oxygen atoms in total. The number of amides is 2. The molecule has 0 spiro atoms. The van der Waals surface area contributed by atoms with Gasteiger partial charge >= 0.3 is 0 Å². The number of pyridine rings is 2. The van der Waals surface area contributed by atoms with Crippen molar-refractivity contribution in [2.45, 2.75) is 18.4 Å². The maximum Gasteiger partial charge on any atom is 0.255 e. The Kier molecular flexibility index (Phi) is 6.33. The summed E-state index contributed by atoms with van der Waals surface area (Å²) in [6, 6.07) is 18.0. The Morgan fingerprint density at radius 2 is 1.71 bits per heavy atom. The molecule has 2 amide bonds. The number of aliphatic hydroxyl groups excluding tert-OH is 1. The third-order valence-electron chi connectivity index (χ3n) is 5.62. The number of hydrogen-bond donors (Lipinski definition) is 1. The summed E-state index contributed by atoms with van der Waals surface area (Å²) in [6.07, 6.45) is 4.93. The van der Waals surface area contributed by atoms with Gasteiger partial charge in [-0.1, -0.05) is 36.4 Å². The number of hydrogen-bond acceptors (Lipinski definition) is 5. The highest BCUT2D eigenvalue weighted by molar-refractivity contribution is 5.94. The second-order valence-electron chi connectivity index (χ2n) is 7.53. The van der Waals surface area contributed by atoms with E-state index in [1.54, 1.807) is 46.6 Å². The molecule has 2 aromatic heterocycles. The van der Waals surface area contributed by atoms with Crippen LogP contribution in [0.3, 0.4) is 0 Å². The summed E-state index contributed by atoms with van der Waals surface area (Å²) >= 11 is 0. The first-order valence-electron chi connectivity index (χ1n) is 10.2. The minimum Gasteiger partial charge on any atom is -0.394 e. The van der Waals surface area contributed by atoms with Crippen molar-refractivity contribution >= 4 is 11.8 Å². The normalized spacial score (nSPS) is 18.6. The summed E-state index contributed by atoms with van der Waals surface area (Å²) in [5.41, 5.74) is 2.13. The second-order valence-corrected chi connectivity index (χ2v) is 7.53. The Hall–Kier alpha value is -3.58. The fraction of sp³-hybridized carbons (Fsp3) is 0.250. The smallest absolute Gasteiger partial charge is 0.255 e. The van der Waals surface area contributed by atoms with Crippen molar-refractivity contribution in [1.29, 1.82) is 0 Å². The van der Waals surface area contributed by atoms with Crippen LogP contribution < -0.4 is 0 Å². The summed E-state index contributed by atoms with van der Waals surface area (Å²) in [4.78, 5) is 37.9. The van der Waals surface area contributed by atoms with Crippen LogP contribution in [-0.4, -0.2) is 62.6 Å². The third-order valence-corrected chi connectivity index (χ3v) is 5.62. The molecule has 4 rings (SSSR count). The number of aromatic nitrogens is 2. The van der Waals surface area contributed by atoms with Gasteiger partial charge in [-0.05, 0) is 29.8 Å². The lowest BCUT2D eigenvalue weighted by atomic mass is 9.88. The molecule has 1 aromatic carbocycles. The number of carbonyl (C=O) groups is 2. The van der Waals surface area contributed by atoms with Gasteiger partial charge in [0.15, 0.2) is 0 Å². The molecule has 3 aromatic rings. The van der Waals surface area contributed by atoms with Gasteiger partial charge in [0.05, 0.1) is 25.7 Å². The van der Waals surface area contributed by atoms with Crippen LogP contribution in [0.2, 0.25) is 0 Å². The van der Waals surface area contributed by atoms with Gasteiger partial charge in [-0.25, -0.2) is 0 Å². The molecule has 1 aliphatic heterocycles. The van der Waals surface area contributed by atoms with Crippen molar-refractivity contribution in [3.63, 3.8) is 0 Å². The van der Waals surface area contributed by atoms with Crippen LogP contribution >= 0.6 is 0 Å². The topological polar surface area (TPSA) is 86.6 Å². The summed E-state index contributed by atoms with van der Waals surface area (Å²) in [5, 5.41) is 10.2. The minimum atomic E-state index is -0.443. The first-order valence-corrected chi connectivity index (χ1v) is 10.2. The molecule has 0 unspecified atom stereocenters. The van der Waals surface area contributed by atoms with Gasteiger partial charge in [-0.3, -0.25) is 19.6 Å². The van der Waals surface area contributed by atoms with E-state index < -0.39 is 6.04 Å². The Bertz CT molecular complexity index is 1010.